The van der Waals surface area contributed by atoms with Crippen LogP contribution < -0.4 is 10.1 Å². The van der Waals surface area contributed by atoms with E-state index in [1.807, 2.05) is 0 Å². The fourth-order valence-electron chi connectivity index (χ4n) is 3.07. The maximum absolute atomic E-state index is 13.6. The van der Waals surface area contributed by atoms with Crippen LogP contribution in [-0.4, -0.2) is 53.8 Å². The molecule has 0 bridgehead atoms. The molecule has 3 rings (SSSR count). The fourth-order valence-corrected chi connectivity index (χ4v) is 3.07. The summed E-state index contributed by atoms with van der Waals surface area (Å²) in [6, 6.07) is 2.92. The number of amides is 1. The van der Waals surface area contributed by atoms with Gasteiger partial charge < -0.3 is 20.1 Å². The molecule has 0 radical (unpaired) electrons. The first-order valence-electron chi connectivity index (χ1n) is 7.85. The van der Waals surface area contributed by atoms with E-state index in [1.165, 1.54) is 6.07 Å². The number of aliphatic hydroxyl groups excluding tert-OH is 1. The Morgan fingerprint density at radius 2 is 2.04 bits per heavy atom. The van der Waals surface area contributed by atoms with Gasteiger partial charge in [-0.25, -0.2) is 8.78 Å². The summed E-state index contributed by atoms with van der Waals surface area (Å²) in [5, 5.41) is 12.5. The van der Waals surface area contributed by atoms with Crippen LogP contribution >= 0.6 is 0 Å². The van der Waals surface area contributed by atoms with Crippen molar-refractivity contribution in [3.63, 3.8) is 0 Å². The number of β-amino-alcohol motifs (C(OH)–C–C–N with tert-alkyl or cyclic N) is 1. The number of nitrogens with one attached hydrogen (secondary N) is 1. The summed E-state index contributed by atoms with van der Waals surface area (Å²) in [6.07, 6.45) is 0.971. The van der Waals surface area contributed by atoms with Crippen molar-refractivity contribution in [3.05, 3.63) is 29.8 Å². The average Bonchev–Trinajstić information content (AvgIpc) is 2.97. The second-order valence-corrected chi connectivity index (χ2v) is 6.07. The number of piperidine rings is 1. The van der Waals surface area contributed by atoms with Crippen LogP contribution in [0.1, 0.15) is 19.3 Å². The van der Waals surface area contributed by atoms with Gasteiger partial charge in [0.2, 0.25) is 5.91 Å². The molecule has 0 spiro atoms. The van der Waals surface area contributed by atoms with Gasteiger partial charge in [-0.15, -0.1) is 0 Å². The van der Waals surface area contributed by atoms with Crippen molar-refractivity contribution < 1.29 is 23.4 Å². The Bertz CT molecular complexity index is 576. The molecule has 2 N–H and O–H groups in total. The van der Waals surface area contributed by atoms with Crippen LogP contribution in [0.25, 0.3) is 0 Å². The SMILES string of the molecule is O=C([C@H]1C[C@H](O)CN1)N1CCC(Oc2ccc(F)cc2F)CC1. The van der Waals surface area contributed by atoms with Gasteiger partial charge in [-0.3, -0.25) is 4.79 Å². The summed E-state index contributed by atoms with van der Waals surface area (Å²) in [5.74, 6) is -1.32. The number of ether oxygens (including phenoxy) is 1. The van der Waals surface area contributed by atoms with Crippen molar-refractivity contribution in [3.8, 4) is 5.75 Å². The number of likely N-dealkylation sites (tertiary alicyclic amines) is 1. The summed E-state index contributed by atoms with van der Waals surface area (Å²) >= 11 is 0. The van der Waals surface area contributed by atoms with Crippen molar-refractivity contribution in [1.29, 1.82) is 0 Å². The molecule has 1 aromatic rings. The maximum atomic E-state index is 13.6. The predicted octanol–water partition coefficient (Wildman–Crippen LogP) is 1.06. The predicted molar refractivity (Wildman–Crippen MR) is 79.0 cm³/mol. The smallest absolute Gasteiger partial charge is 0.239 e. The summed E-state index contributed by atoms with van der Waals surface area (Å²) in [6.45, 7) is 1.50. The number of benzene rings is 1. The highest BCUT2D eigenvalue weighted by Crippen LogP contribution is 2.23. The molecule has 0 unspecified atom stereocenters. The van der Waals surface area contributed by atoms with Gasteiger partial charge in [-0.1, -0.05) is 0 Å². The number of halogens is 2. The van der Waals surface area contributed by atoms with Crippen molar-refractivity contribution in [2.75, 3.05) is 19.6 Å². The van der Waals surface area contributed by atoms with Crippen LogP contribution in [0.5, 0.6) is 5.75 Å². The molecule has 0 saturated carbocycles. The van der Waals surface area contributed by atoms with Gasteiger partial charge in [0.25, 0.3) is 0 Å². The quantitative estimate of drug-likeness (QED) is 0.872. The monoisotopic (exact) mass is 326 g/mol. The van der Waals surface area contributed by atoms with Crippen molar-refractivity contribution in [2.24, 2.45) is 0 Å². The molecule has 23 heavy (non-hydrogen) atoms. The Hall–Kier alpha value is -1.73. The van der Waals surface area contributed by atoms with Crippen molar-refractivity contribution in [1.82, 2.24) is 10.2 Å². The molecule has 2 saturated heterocycles. The van der Waals surface area contributed by atoms with Gasteiger partial charge in [0.05, 0.1) is 12.1 Å². The largest absolute Gasteiger partial charge is 0.487 e. The summed E-state index contributed by atoms with van der Waals surface area (Å²) in [4.78, 5) is 14.1. The maximum Gasteiger partial charge on any atom is 0.239 e. The van der Waals surface area contributed by atoms with E-state index in [0.717, 1.165) is 12.1 Å². The van der Waals surface area contributed by atoms with E-state index in [1.54, 1.807) is 4.90 Å². The Morgan fingerprint density at radius 1 is 1.30 bits per heavy atom. The highest BCUT2D eigenvalue weighted by atomic mass is 19.1. The van der Waals surface area contributed by atoms with Crippen LogP contribution in [0.4, 0.5) is 8.78 Å². The summed E-state index contributed by atoms with van der Waals surface area (Å²) in [5.41, 5.74) is 0. The Kier molecular flexibility index (Phi) is 4.77. The van der Waals surface area contributed by atoms with Crippen molar-refractivity contribution in [2.45, 2.75) is 37.5 Å². The second-order valence-electron chi connectivity index (χ2n) is 6.07. The molecule has 2 atom stereocenters. The van der Waals surface area contributed by atoms with Gasteiger partial charge in [0.15, 0.2) is 11.6 Å². The zero-order valence-corrected chi connectivity index (χ0v) is 12.7. The minimum absolute atomic E-state index is 0.00652. The van der Waals surface area contributed by atoms with Crippen LogP contribution in [0.3, 0.4) is 0 Å². The number of nitrogens with zero attached hydrogens (tertiary/aromatic N) is 1. The first-order chi connectivity index (χ1) is 11.0. The molecule has 0 aliphatic carbocycles. The first-order valence-corrected chi connectivity index (χ1v) is 7.85. The molecular weight excluding hydrogens is 306 g/mol. The Labute approximate surface area is 133 Å². The molecule has 2 heterocycles. The first kappa shape index (κ1) is 16.1. The normalized spacial score (nSPS) is 25.6. The van der Waals surface area contributed by atoms with E-state index in [0.29, 0.717) is 38.9 Å². The minimum Gasteiger partial charge on any atom is -0.487 e. The topological polar surface area (TPSA) is 61.8 Å². The Morgan fingerprint density at radius 3 is 2.65 bits per heavy atom. The van der Waals surface area contributed by atoms with E-state index in [4.69, 9.17) is 4.74 Å². The number of carbonyl (C=O) groups is 1. The molecule has 1 aromatic carbocycles. The molecule has 7 heteroatoms. The highest BCUT2D eigenvalue weighted by molar-refractivity contribution is 5.82. The van der Waals surface area contributed by atoms with E-state index >= 15 is 0 Å². The molecule has 0 aromatic heterocycles. The lowest BCUT2D eigenvalue weighted by molar-refractivity contribution is -0.135. The lowest BCUT2D eigenvalue weighted by Crippen LogP contribution is -2.48. The molecule has 2 aliphatic rings. The van der Waals surface area contributed by atoms with Gasteiger partial charge in [-0.05, 0) is 18.6 Å². The van der Waals surface area contributed by atoms with Crippen LogP contribution in [0.2, 0.25) is 0 Å². The minimum atomic E-state index is -0.715. The zero-order chi connectivity index (χ0) is 16.4. The third-order valence-electron chi connectivity index (χ3n) is 4.35. The lowest BCUT2D eigenvalue weighted by Gasteiger charge is -2.33. The van der Waals surface area contributed by atoms with E-state index < -0.39 is 17.7 Å². The van der Waals surface area contributed by atoms with Gasteiger partial charge in [0.1, 0.15) is 11.9 Å². The molecule has 2 aliphatic heterocycles. The zero-order valence-electron chi connectivity index (χ0n) is 12.7. The summed E-state index contributed by atoms with van der Waals surface area (Å²) < 4.78 is 32.0. The van der Waals surface area contributed by atoms with Crippen LogP contribution in [0.15, 0.2) is 18.2 Å². The third kappa shape index (κ3) is 3.79. The van der Waals surface area contributed by atoms with Gasteiger partial charge in [0, 0.05) is 38.5 Å². The molecule has 1 amide bonds. The molecular formula is C16H20F2N2O3. The van der Waals surface area contributed by atoms with E-state index in [9.17, 15) is 18.7 Å². The van der Waals surface area contributed by atoms with Crippen LogP contribution in [0, 0.1) is 11.6 Å². The van der Waals surface area contributed by atoms with E-state index in [-0.39, 0.29) is 23.8 Å². The molecule has 2 fully saturated rings. The lowest BCUT2D eigenvalue weighted by atomic mass is 10.1. The van der Waals surface area contributed by atoms with Crippen LogP contribution in [-0.2, 0) is 4.79 Å². The third-order valence-corrected chi connectivity index (χ3v) is 4.35. The number of rotatable bonds is 3. The number of hydrogen-bond acceptors (Lipinski definition) is 4. The van der Waals surface area contributed by atoms with Gasteiger partial charge >= 0.3 is 0 Å². The second kappa shape index (κ2) is 6.80. The molecule has 126 valence electrons. The fraction of sp³-hybridized carbons (Fsp3) is 0.562. The number of aliphatic hydroxyl groups is 1. The number of hydrogen-bond donors (Lipinski definition) is 2. The summed E-state index contributed by atoms with van der Waals surface area (Å²) in [7, 11) is 0. The van der Waals surface area contributed by atoms with Gasteiger partial charge in [-0.2, -0.15) is 0 Å². The van der Waals surface area contributed by atoms with E-state index in [2.05, 4.69) is 5.32 Å². The standard InChI is InChI=1S/C16H20F2N2O3/c17-10-1-2-15(13(18)7-10)23-12-3-5-20(6-4-12)16(22)14-8-11(21)9-19-14/h1-2,7,11-12,14,19,21H,3-6,8-9H2/t11-,14+/m0/s1. The highest BCUT2D eigenvalue weighted by Gasteiger charge is 2.33. The van der Waals surface area contributed by atoms with Crippen molar-refractivity contribution >= 4 is 5.91 Å². The number of carbonyl (C=O) groups excluding carboxylic acids is 1. The molecule has 5 nitrogen and oxygen atoms in total. The average molecular weight is 326 g/mol. The Balaban J connectivity index is 1.51.